The summed E-state index contributed by atoms with van der Waals surface area (Å²) in [7, 11) is 0. The summed E-state index contributed by atoms with van der Waals surface area (Å²) in [5.41, 5.74) is 3.38. The van der Waals surface area contributed by atoms with E-state index in [2.05, 4.69) is 55.3 Å². The Morgan fingerprint density at radius 2 is 1.82 bits per heavy atom. The average molecular weight is 499 g/mol. The number of carbonyl (C=O) groups is 1. The highest BCUT2D eigenvalue weighted by Gasteiger charge is 2.24. The summed E-state index contributed by atoms with van der Waals surface area (Å²) in [6.45, 7) is 12.7. The largest absolute Gasteiger partial charge is 0.346 e. The lowest BCUT2D eigenvalue weighted by atomic mass is 9.84. The number of halogens is 1. The van der Waals surface area contributed by atoms with Crippen molar-refractivity contribution >= 4 is 29.3 Å². The predicted octanol–water partition coefficient (Wildman–Crippen LogP) is 7.16. The van der Waals surface area contributed by atoms with E-state index in [1.54, 1.807) is 11.8 Å². The Morgan fingerprint density at radius 1 is 1.12 bits per heavy atom. The van der Waals surface area contributed by atoms with E-state index in [0.717, 1.165) is 28.6 Å². The van der Waals surface area contributed by atoms with Crippen molar-refractivity contribution in [2.24, 2.45) is 11.3 Å². The zero-order valence-corrected chi connectivity index (χ0v) is 22.5. The fraction of sp³-hybridized carbons (Fsp3) is 0.444. The van der Waals surface area contributed by atoms with Crippen molar-refractivity contribution in [3.63, 3.8) is 0 Å². The zero-order chi connectivity index (χ0) is 24.9. The van der Waals surface area contributed by atoms with E-state index in [0.29, 0.717) is 23.2 Å². The van der Waals surface area contributed by atoms with Crippen LogP contribution < -0.4 is 5.32 Å². The molecule has 1 aromatic heterocycles. The summed E-state index contributed by atoms with van der Waals surface area (Å²) in [5, 5.41) is 13.6. The number of benzene rings is 2. The number of thioether (sulfide) groups is 1. The zero-order valence-electron chi connectivity index (χ0n) is 20.9. The van der Waals surface area contributed by atoms with Gasteiger partial charge in [0.2, 0.25) is 5.91 Å². The van der Waals surface area contributed by atoms with Crippen LogP contribution in [-0.4, -0.2) is 20.7 Å². The monoisotopic (exact) mass is 498 g/mol. The summed E-state index contributed by atoms with van der Waals surface area (Å²) in [6.07, 6.45) is 1.48. The van der Waals surface area contributed by atoms with Gasteiger partial charge in [0.25, 0.3) is 0 Å². The molecule has 0 radical (unpaired) electrons. The maximum atomic E-state index is 12.8. The van der Waals surface area contributed by atoms with Crippen LogP contribution in [0.3, 0.4) is 0 Å². The van der Waals surface area contributed by atoms with Gasteiger partial charge in [-0.3, -0.25) is 9.36 Å². The fourth-order valence-electron chi connectivity index (χ4n) is 4.23. The van der Waals surface area contributed by atoms with E-state index in [1.807, 2.05) is 54.8 Å². The van der Waals surface area contributed by atoms with Gasteiger partial charge in [-0.05, 0) is 54.9 Å². The van der Waals surface area contributed by atoms with Crippen molar-refractivity contribution in [1.29, 1.82) is 0 Å². The van der Waals surface area contributed by atoms with Crippen LogP contribution in [0.5, 0.6) is 0 Å². The fourth-order valence-corrected chi connectivity index (χ4v) is 5.30. The molecule has 2 unspecified atom stereocenters. The SMILES string of the molecule is Cc1ccc(Cl)cc1-n1c(SCc2ccccc2)nnc1C(C)NC(=O)CC(C)CC(C)(C)C. The van der Waals surface area contributed by atoms with Gasteiger partial charge in [-0.2, -0.15) is 0 Å². The molecule has 182 valence electrons. The highest BCUT2D eigenvalue weighted by molar-refractivity contribution is 7.98. The molecule has 1 heterocycles. The maximum absolute atomic E-state index is 12.8. The van der Waals surface area contributed by atoms with Gasteiger partial charge >= 0.3 is 0 Å². The summed E-state index contributed by atoms with van der Waals surface area (Å²) in [4.78, 5) is 12.8. The Bertz CT molecular complexity index is 1110. The predicted molar refractivity (Wildman–Crippen MR) is 142 cm³/mol. The molecule has 5 nitrogen and oxygen atoms in total. The Hall–Kier alpha value is -2.31. The lowest BCUT2D eigenvalue weighted by Gasteiger charge is -2.23. The van der Waals surface area contributed by atoms with Gasteiger partial charge in [0.15, 0.2) is 11.0 Å². The van der Waals surface area contributed by atoms with Crippen molar-refractivity contribution in [2.45, 2.75) is 71.3 Å². The van der Waals surface area contributed by atoms with E-state index in [1.165, 1.54) is 5.56 Å². The molecule has 2 aromatic carbocycles. The Labute approximate surface area is 212 Å². The van der Waals surface area contributed by atoms with Crippen LogP contribution in [-0.2, 0) is 10.5 Å². The second-order valence-corrected chi connectivity index (χ2v) is 11.6. The van der Waals surface area contributed by atoms with Gasteiger partial charge in [-0.1, -0.05) is 87.5 Å². The quantitative estimate of drug-likeness (QED) is 0.318. The summed E-state index contributed by atoms with van der Waals surface area (Å²) in [6, 6.07) is 15.8. The normalized spacial score (nSPS) is 13.5. The standard InChI is InChI=1S/C27H35ClN4OS/c1-18(16-27(4,5)6)14-24(33)29-20(3)25-30-31-26(34-17-21-10-8-7-9-11-21)32(25)23-15-22(28)13-12-19(23)2/h7-13,15,18,20H,14,16-17H2,1-6H3,(H,29,33). The number of rotatable bonds is 9. The van der Waals surface area contributed by atoms with E-state index in [9.17, 15) is 4.79 Å². The van der Waals surface area contributed by atoms with Crippen LogP contribution in [0.15, 0.2) is 53.7 Å². The average Bonchev–Trinajstić information content (AvgIpc) is 3.17. The number of aromatic nitrogens is 3. The first kappa shape index (κ1) is 26.3. The van der Waals surface area contributed by atoms with E-state index < -0.39 is 0 Å². The minimum Gasteiger partial charge on any atom is -0.346 e. The number of amides is 1. The first-order valence-corrected chi connectivity index (χ1v) is 13.1. The second-order valence-electron chi connectivity index (χ2n) is 10.2. The van der Waals surface area contributed by atoms with Crippen LogP contribution in [0, 0.1) is 18.3 Å². The minimum atomic E-state index is -0.300. The van der Waals surface area contributed by atoms with E-state index in [-0.39, 0.29) is 17.4 Å². The van der Waals surface area contributed by atoms with Crippen molar-refractivity contribution in [1.82, 2.24) is 20.1 Å². The third-order valence-corrected chi connectivity index (χ3v) is 6.78. The lowest BCUT2D eigenvalue weighted by Crippen LogP contribution is -2.30. The summed E-state index contributed by atoms with van der Waals surface area (Å²) < 4.78 is 2.03. The number of nitrogens with zero attached hydrogens (tertiary/aromatic N) is 3. The van der Waals surface area contributed by atoms with Crippen LogP contribution in [0.2, 0.25) is 5.02 Å². The lowest BCUT2D eigenvalue weighted by molar-refractivity contribution is -0.122. The molecule has 0 aliphatic heterocycles. The number of nitrogens with one attached hydrogen (secondary N) is 1. The minimum absolute atomic E-state index is 0.0279. The molecule has 1 N–H and O–H groups in total. The highest BCUT2D eigenvalue weighted by atomic mass is 35.5. The molecule has 0 spiro atoms. The van der Waals surface area contributed by atoms with Crippen molar-refractivity contribution in [2.75, 3.05) is 0 Å². The molecule has 0 bridgehead atoms. The molecule has 34 heavy (non-hydrogen) atoms. The van der Waals surface area contributed by atoms with Crippen LogP contribution in [0.25, 0.3) is 5.69 Å². The number of aryl methyl sites for hydroxylation is 1. The number of hydrogen-bond acceptors (Lipinski definition) is 4. The molecule has 0 fully saturated rings. The molecular formula is C27H35ClN4OS. The number of carbonyl (C=O) groups excluding carboxylic acids is 1. The Kier molecular flexibility index (Phi) is 8.83. The maximum Gasteiger partial charge on any atom is 0.220 e. The third kappa shape index (κ3) is 7.34. The van der Waals surface area contributed by atoms with E-state index >= 15 is 0 Å². The second kappa shape index (κ2) is 11.4. The molecule has 3 aromatic rings. The number of hydrogen-bond donors (Lipinski definition) is 1. The summed E-state index contributed by atoms with van der Waals surface area (Å²) in [5.74, 6) is 1.79. The topological polar surface area (TPSA) is 59.8 Å². The Balaban J connectivity index is 1.85. The van der Waals surface area contributed by atoms with Gasteiger partial charge in [0, 0.05) is 17.2 Å². The molecular weight excluding hydrogens is 464 g/mol. The van der Waals surface area contributed by atoms with Gasteiger partial charge in [0.1, 0.15) is 0 Å². The van der Waals surface area contributed by atoms with Gasteiger partial charge in [-0.25, -0.2) is 0 Å². The third-order valence-electron chi connectivity index (χ3n) is 5.54. The van der Waals surface area contributed by atoms with Gasteiger partial charge in [-0.15, -0.1) is 10.2 Å². The van der Waals surface area contributed by atoms with Crippen LogP contribution >= 0.6 is 23.4 Å². The van der Waals surface area contributed by atoms with Gasteiger partial charge in [0.05, 0.1) is 11.7 Å². The van der Waals surface area contributed by atoms with Crippen molar-refractivity contribution in [3.05, 3.63) is 70.5 Å². The van der Waals surface area contributed by atoms with Gasteiger partial charge < -0.3 is 5.32 Å². The molecule has 2 atom stereocenters. The highest BCUT2D eigenvalue weighted by Crippen LogP contribution is 2.31. The van der Waals surface area contributed by atoms with E-state index in [4.69, 9.17) is 11.6 Å². The smallest absolute Gasteiger partial charge is 0.220 e. The van der Waals surface area contributed by atoms with Crippen LogP contribution in [0.4, 0.5) is 0 Å². The molecule has 3 rings (SSSR count). The van der Waals surface area contributed by atoms with Crippen molar-refractivity contribution in [3.8, 4) is 5.69 Å². The van der Waals surface area contributed by atoms with Crippen molar-refractivity contribution < 1.29 is 4.79 Å². The molecule has 0 aliphatic carbocycles. The molecule has 1 amide bonds. The first-order valence-electron chi connectivity index (χ1n) is 11.7. The van der Waals surface area contributed by atoms with Crippen LogP contribution in [0.1, 0.15) is 70.5 Å². The Morgan fingerprint density at radius 3 is 2.50 bits per heavy atom. The summed E-state index contributed by atoms with van der Waals surface area (Å²) >= 11 is 7.97. The molecule has 0 saturated heterocycles. The first-order chi connectivity index (χ1) is 16.0. The molecule has 0 aliphatic rings. The molecule has 7 heteroatoms. The molecule has 0 saturated carbocycles.